The minimum atomic E-state index is -0.890. The monoisotopic (exact) mass is 150 g/mol. The predicted molar refractivity (Wildman–Crippen MR) is 40.3 cm³/mol. The quantitative estimate of drug-likeness (QED) is 0.525. The summed E-state index contributed by atoms with van der Waals surface area (Å²) in [5.74, 6) is 0. The van der Waals surface area contributed by atoms with Crippen molar-refractivity contribution in [3.63, 3.8) is 0 Å². The summed E-state index contributed by atoms with van der Waals surface area (Å²) in [5, 5.41) is -0.187. The largest absolute Gasteiger partial charge is 0.615 e. The third-order valence-electron chi connectivity index (χ3n) is 1.12. The van der Waals surface area contributed by atoms with E-state index in [0.717, 1.165) is 12.8 Å². The first-order valence-electron chi connectivity index (χ1n) is 2.96. The van der Waals surface area contributed by atoms with Gasteiger partial charge in [-0.15, -0.1) is 0 Å². The highest BCUT2D eigenvalue weighted by atomic mass is 32.2. The summed E-state index contributed by atoms with van der Waals surface area (Å²) >= 11 is -0.890. The van der Waals surface area contributed by atoms with Gasteiger partial charge in [0, 0.05) is 6.42 Å². The summed E-state index contributed by atoms with van der Waals surface area (Å²) in [6, 6.07) is 0. The molecule has 0 aliphatic heterocycles. The average Bonchev–Trinajstić information content (AvgIpc) is 1.82. The number of hydrogen-bond donors (Lipinski definition) is 2. The lowest BCUT2D eigenvalue weighted by Gasteiger charge is -2.12. The van der Waals surface area contributed by atoms with E-state index in [1.165, 1.54) is 0 Å². The van der Waals surface area contributed by atoms with Crippen molar-refractivity contribution < 1.29 is 4.55 Å². The van der Waals surface area contributed by atoms with E-state index in [0.29, 0.717) is 6.54 Å². The Bertz CT molecular complexity index is 70.0. The van der Waals surface area contributed by atoms with E-state index in [2.05, 4.69) is 0 Å². The Morgan fingerprint density at radius 2 is 2.22 bits per heavy atom. The molecule has 0 aliphatic rings. The molecule has 0 amide bonds. The van der Waals surface area contributed by atoms with Crippen LogP contribution in [-0.2, 0) is 11.2 Å². The molecule has 9 heavy (non-hydrogen) atoms. The van der Waals surface area contributed by atoms with Crippen molar-refractivity contribution in [1.29, 1.82) is 0 Å². The molecule has 0 aromatic heterocycles. The number of nitrogens with two attached hydrogens (primary N) is 2. The fourth-order valence-corrected chi connectivity index (χ4v) is 0.984. The molecule has 4 N–H and O–H groups in total. The van der Waals surface area contributed by atoms with Crippen molar-refractivity contribution in [3.05, 3.63) is 0 Å². The first-order valence-corrected chi connectivity index (χ1v) is 4.58. The minimum Gasteiger partial charge on any atom is -0.615 e. The summed E-state index contributed by atoms with van der Waals surface area (Å²) in [4.78, 5) is 0. The Morgan fingerprint density at radius 3 is 2.56 bits per heavy atom. The van der Waals surface area contributed by atoms with Crippen LogP contribution >= 0.6 is 0 Å². The van der Waals surface area contributed by atoms with Crippen molar-refractivity contribution in [1.82, 2.24) is 0 Å². The van der Waals surface area contributed by atoms with Crippen LogP contribution in [0, 0.1) is 0 Å². The first kappa shape index (κ1) is 9.23. The molecule has 0 heterocycles. The second-order valence-electron chi connectivity index (χ2n) is 1.97. The molecule has 0 bridgehead atoms. The average molecular weight is 150 g/mol. The molecule has 2 atom stereocenters. The van der Waals surface area contributed by atoms with Gasteiger partial charge in [-0.2, -0.15) is 0 Å². The standard InChI is InChI=1S/C5H14N2OS/c1-9(8)5(7)3-2-4-6/h5H,2-4,6-7H2,1H3. The van der Waals surface area contributed by atoms with Gasteiger partial charge >= 0.3 is 0 Å². The SMILES string of the molecule is C[S+]([O-])C(N)CCCN. The van der Waals surface area contributed by atoms with Gasteiger partial charge in [-0.1, -0.05) is 0 Å². The zero-order valence-corrected chi connectivity index (χ0v) is 6.49. The highest BCUT2D eigenvalue weighted by molar-refractivity contribution is 7.91. The highest BCUT2D eigenvalue weighted by Crippen LogP contribution is 1.99. The van der Waals surface area contributed by atoms with Crippen molar-refractivity contribution >= 4 is 11.2 Å². The Balaban J connectivity index is 3.16. The molecule has 0 saturated heterocycles. The normalized spacial score (nSPS) is 17.3. The molecule has 0 aromatic carbocycles. The van der Waals surface area contributed by atoms with Gasteiger partial charge in [-0.3, -0.25) is 5.73 Å². The maximum Gasteiger partial charge on any atom is 0.164 e. The molecule has 0 saturated carbocycles. The molecule has 2 unspecified atom stereocenters. The zero-order chi connectivity index (χ0) is 7.28. The number of rotatable bonds is 4. The van der Waals surface area contributed by atoms with Gasteiger partial charge in [0.2, 0.25) is 0 Å². The fraction of sp³-hybridized carbons (Fsp3) is 1.00. The van der Waals surface area contributed by atoms with Crippen LogP contribution in [0.1, 0.15) is 12.8 Å². The van der Waals surface area contributed by atoms with E-state index < -0.39 is 11.2 Å². The lowest BCUT2D eigenvalue weighted by Crippen LogP contribution is -2.30. The van der Waals surface area contributed by atoms with E-state index >= 15 is 0 Å². The predicted octanol–water partition coefficient (Wildman–Crippen LogP) is -0.611. The molecule has 0 aromatic rings. The third-order valence-corrected chi connectivity index (χ3v) is 2.21. The second-order valence-corrected chi connectivity index (χ2v) is 3.57. The fourth-order valence-electron chi connectivity index (χ4n) is 0.485. The van der Waals surface area contributed by atoms with Crippen LogP contribution in [0.3, 0.4) is 0 Å². The molecule has 3 nitrogen and oxygen atoms in total. The smallest absolute Gasteiger partial charge is 0.164 e. The third kappa shape index (κ3) is 4.72. The molecule has 4 heteroatoms. The van der Waals surface area contributed by atoms with Crippen molar-refractivity contribution in [2.75, 3.05) is 12.8 Å². The zero-order valence-electron chi connectivity index (χ0n) is 5.67. The summed E-state index contributed by atoms with van der Waals surface area (Å²) < 4.78 is 10.6. The van der Waals surface area contributed by atoms with Crippen molar-refractivity contribution in [2.24, 2.45) is 11.5 Å². The highest BCUT2D eigenvalue weighted by Gasteiger charge is 2.09. The summed E-state index contributed by atoms with van der Waals surface area (Å²) in [6.07, 6.45) is 3.24. The maximum absolute atomic E-state index is 10.6. The van der Waals surface area contributed by atoms with Gasteiger partial charge in [0.05, 0.1) is 6.26 Å². The Hall–Kier alpha value is 0.230. The van der Waals surface area contributed by atoms with Crippen LogP contribution in [0.15, 0.2) is 0 Å². The van der Waals surface area contributed by atoms with Crippen molar-refractivity contribution in [3.8, 4) is 0 Å². The van der Waals surface area contributed by atoms with Crippen LogP contribution < -0.4 is 11.5 Å². The summed E-state index contributed by atoms with van der Waals surface area (Å²) in [7, 11) is 0. The molecule has 0 spiro atoms. The lowest BCUT2D eigenvalue weighted by molar-refractivity contribution is 0.574. The van der Waals surface area contributed by atoms with Crippen molar-refractivity contribution in [2.45, 2.75) is 18.2 Å². The molecular weight excluding hydrogens is 136 g/mol. The Kier molecular flexibility index (Phi) is 5.18. The summed E-state index contributed by atoms with van der Waals surface area (Å²) in [6.45, 7) is 0.630. The summed E-state index contributed by atoms with van der Waals surface area (Å²) in [5.41, 5.74) is 10.7. The van der Waals surface area contributed by atoms with Gasteiger partial charge in [-0.05, 0) is 24.1 Å². The van der Waals surface area contributed by atoms with Crippen LogP contribution in [-0.4, -0.2) is 22.7 Å². The van der Waals surface area contributed by atoms with Crippen LogP contribution in [0.5, 0.6) is 0 Å². The minimum absolute atomic E-state index is 0.187. The van der Waals surface area contributed by atoms with E-state index in [-0.39, 0.29) is 5.37 Å². The topological polar surface area (TPSA) is 75.1 Å². The van der Waals surface area contributed by atoms with Gasteiger partial charge in [0.1, 0.15) is 0 Å². The van der Waals surface area contributed by atoms with Crippen LogP contribution in [0.25, 0.3) is 0 Å². The molecular formula is C5H14N2OS. The van der Waals surface area contributed by atoms with E-state index in [1.807, 2.05) is 0 Å². The Labute approximate surface area is 59.0 Å². The van der Waals surface area contributed by atoms with Crippen LogP contribution in [0.4, 0.5) is 0 Å². The number of hydrogen-bond acceptors (Lipinski definition) is 3. The molecule has 56 valence electrons. The van der Waals surface area contributed by atoms with Gasteiger partial charge in [-0.25, -0.2) is 0 Å². The van der Waals surface area contributed by atoms with Gasteiger partial charge in [0.15, 0.2) is 5.37 Å². The van der Waals surface area contributed by atoms with Crippen LogP contribution in [0.2, 0.25) is 0 Å². The molecule has 0 fully saturated rings. The molecule has 0 aliphatic carbocycles. The molecule has 0 rings (SSSR count). The maximum atomic E-state index is 10.6. The van der Waals surface area contributed by atoms with Gasteiger partial charge in [0.25, 0.3) is 0 Å². The molecule has 0 radical (unpaired) electrons. The van der Waals surface area contributed by atoms with E-state index in [4.69, 9.17) is 11.5 Å². The first-order chi connectivity index (χ1) is 4.18. The van der Waals surface area contributed by atoms with E-state index in [1.54, 1.807) is 6.26 Å². The van der Waals surface area contributed by atoms with E-state index in [9.17, 15) is 4.55 Å². The van der Waals surface area contributed by atoms with Gasteiger partial charge < -0.3 is 10.3 Å². The lowest BCUT2D eigenvalue weighted by atomic mass is 10.3. The second kappa shape index (κ2) is 5.05. The Morgan fingerprint density at radius 1 is 1.67 bits per heavy atom.